The summed E-state index contributed by atoms with van der Waals surface area (Å²) in [6, 6.07) is 90.4. The minimum Gasteiger partial charge on any atom is -0.309 e. The molecule has 338 valence electrons. The molecule has 0 unspecified atom stereocenters. The summed E-state index contributed by atoms with van der Waals surface area (Å²) in [5.74, 6) is 0.698. The van der Waals surface area contributed by atoms with E-state index in [1.165, 1.54) is 87.1 Å². The van der Waals surface area contributed by atoms with Crippen molar-refractivity contribution >= 4 is 109 Å². The second kappa shape index (κ2) is 15.3. The Hall–Kier alpha value is -9.84. The number of benzene rings is 12. The van der Waals surface area contributed by atoms with Gasteiger partial charge in [0, 0.05) is 65.6 Å². The molecule has 0 saturated carbocycles. The van der Waals surface area contributed by atoms with Crippen molar-refractivity contribution in [3.8, 4) is 39.7 Å². The fourth-order valence-electron chi connectivity index (χ4n) is 12.1. The Kier molecular flexibility index (Phi) is 8.39. The molecule has 12 aromatic carbocycles. The number of nitrogens with zero attached hydrogens (tertiary/aromatic N) is 5. The first kappa shape index (κ1) is 39.9. The maximum Gasteiger partial charge on any atom is 0.160 e. The molecule has 0 N–H and O–H groups in total. The van der Waals surface area contributed by atoms with Crippen molar-refractivity contribution in [1.82, 2.24) is 23.7 Å². The van der Waals surface area contributed by atoms with E-state index in [0.717, 1.165) is 55.4 Å². The van der Waals surface area contributed by atoms with Gasteiger partial charge in [-0.3, -0.25) is 0 Å². The highest BCUT2D eigenvalue weighted by Crippen LogP contribution is 2.42. The fourth-order valence-corrected chi connectivity index (χ4v) is 12.1. The van der Waals surface area contributed by atoms with E-state index in [9.17, 15) is 0 Å². The van der Waals surface area contributed by atoms with E-state index in [0.29, 0.717) is 5.82 Å². The third-order valence-corrected chi connectivity index (χ3v) is 15.4. The molecule has 0 amide bonds. The Morgan fingerprint density at radius 2 is 0.863 bits per heavy atom. The molecule has 0 aliphatic rings. The molecular weight excluding hydrogens is 887 g/mol. The lowest BCUT2D eigenvalue weighted by molar-refractivity contribution is 1.18. The highest BCUT2D eigenvalue weighted by atomic mass is 15.0. The van der Waals surface area contributed by atoms with Gasteiger partial charge in [0.05, 0.1) is 50.0 Å². The summed E-state index contributed by atoms with van der Waals surface area (Å²) in [6.45, 7) is 0. The molecule has 0 aliphatic heterocycles. The second-order valence-corrected chi connectivity index (χ2v) is 19.3. The number of rotatable bonds is 5. The average Bonchev–Trinajstić information content (AvgIpc) is 4.09. The summed E-state index contributed by atoms with van der Waals surface area (Å²) in [7, 11) is 0. The summed E-state index contributed by atoms with van der Waals surface area (Å²) >= 11 is 0. The topological polar surface area (TPSA) is 40.6 Å². The molecule has 73 heavy (non-hydrogen) atoms. The maximum absolute atomic E-state index is 5.43. The van der Waals surface area contributed by atoms with Crippen molar-refractivity contribution in [2.24, 2.45) is 0 Å². The van der Waals surface area contributed by atoms with Crippen LogP contribution in [0.1, 0.15) is 0 Å². The van der Waals surface area contributed by atoms with E-state index in [-0.39, 0.29) is 0 Å². The number of hydrogen-bond donors (Lipinski definition) is 0. The lowest BCUT2D eigenvalue weighted by Gasteiger charge is -2.14. The van der Waals surface area contributed by atoms with Gasteiger partial charge in [0.15, 0.2) is 5.82 Å². The molecule has 4 aromatic heterocycles. The van der Waals surface area contributed by atoms with E-state index in [2.05, 4.69) is 262 Å². The highest BCUT2D eigenvalue weighted by Gasteiger charge is 2.21. The molecule has 5 heteroatoms. The van der Waals surface area contributed by atoms with Crippen molar-refractivity contribution in [1.29, 1.82) is 0 Å². The van der Waals surface area contributed by atoms with Crippen LogP contribution in [0.4, 0.5) is 0 Å². The highest BCUT2D eigenvalue weighted by molar-refractivity contribution is 6.22. The fraction of sp³-hybridized carbons (Fsp3) is 0. The molecule has 0 saturated heterocycles. The Morgan fingerprint density at radius 1 is 0.260 bits per heavy atom. The quantitative estimate of drug-likeness (QED) is 0.173. The number of para-hydroxylation sites is 5. The van der Waals surface area contributed by atoms with Crippen molar-refractivity contribution in [2.75, 3.05) is 0 Å². The van der Waals surface area contributed by atoms with Gasteiger partial charge in [-0.05, 0) is 118 Å². The lowest BCUT2D eigenvalue weighted by atomic mass is 10.0. The summed E-state index contributed by atoms with van der Waals surface area (Å²) in [5.41, 5.74) is 14.4. The van der Waals surface area contributed by atoms with Gasteiger partial charge >= 0.3 is 0 Å². The Balaban J connectivity index is 0.847. The molecule has 0 radical (unpaired) electrons. The lowest BCUT2D eigenvalue weighted by Crippen LogP contribution is -1.97. The van der Waals surface area contributed by atoms with Gasteiger partial charge in [0.1, 0.15) is 0 Å². The Labute approximate surface area is 418 Å². The zero-order valence-corrected chi connectivity index (χ0v) is 39.4. The zero-order valence-electron chi connectivity index (χ0n) is 39.4. The van der Waals surface area contributed by atoms with E-state index in [1.54, 1.807) is 0 Å². The molecule has 0 spiro atoms. The molecular formula is C68H41N5. The van der Waals surface area contributed by atoms with Gasteiger partial charge in [-0.2, -0.15) is 0 Å². The predicted molar refractivity (Wildman–Crippen MR) is 306 cm³/mol. The maximum atomic E-state index is 5.43. The van der Waals surface area contributed by atoms with Crippen molar-refractivity contribution in [3.05, 3.63) is 249 Å². The van der Waals surface area contributed by atoms with Crippen LogP contribution in [0.5, 0.6) is 0 Å². The van der Waals surface area contributed by atoms with Gasteiger partial charge in [0.25, 0.3) is 0 Å². The second-order valence-electron chi connectivity index (χ2n) is 19.3. The molecule has 0 bridgehead atoms. The normalized spacial score (nSPS) is 12.1. The standard InChI is InChI=1S/C68H41N5/c1-2-17-48(18-3-1)71-59-25-11-7-20-51(59)56-39-45(33-35-63(56)71)67-53-22-6-10-24-58(53)69-68(70-67)46-30-29-42-31-34-49(38-47(42)37-46)72-60-26-12-8-21-52(60)57-41-55-44(40-65(57)72)16-14-28-62(55)73-61-27-13-9-23-54(61)66-50-19-5-4-15-43(50)32-36-64(66)73/h1-41H. The van der Waals surface area contributed by atoms with Gasteiger partial charge in [-0.15, -0.1) is 0 Å². The van der Waals surface area contributed by atoms with Crippen LogP contribution >= 0.6 is 0 Å². The largest absolute Gasteiger partial charge is 0.309 e. The first-order valence-corrected chi connectivity index (χ1v) is 25.0. The van der Waals surface area contributed by atoms with Gasteiger partial charge in [-0.25, -0.2) is 9.97 Å². The van der Waals surface area contributed by atoms with E-state index < -0.39 is 0 Å². The Bertz CT molecular complexity index is 4980. The minimum atomic E-state index is 0.698. The van der Waals surface area contributed by atoms with Crippen LogP contribution < -0.4 is 0 Å². The van der Waals surface area contributed by atoms with E-state index >= 15 is 0 Å². The molecule has 5 nitrogen and oxygen atoms in total. The van der Waals surface area contributed by atoms with Crippen LogP contribution in [0.15, 0.2) is 249 Å². The zero-order chi connectivity index (χ0) is 47.7. The van der Waals surface area contributed by atoms with Crippen LogP contribution in [0.3, 0.4) is 0 Å². The molecule has 0 fully saturated rings. The third kappa shape index (κ3) is 5.91. The number of fused-ring (bicyclic) bond motifs is 14. The number of hydrogen-bond acceptors (Lipinski definition) is 2. The van der Waals surface area contributed by atoms with Crippen LogP contribution in [-0.4, -0.2) is 23.7 Å². The van der Waals surface area contributed by atoms with Crippen LogP contribution in [0.25, 0.3) is 148 Å². The predicted octanol–water partition coefficient (Wildman–Crippen LogP) is 17.7. The molecule has 4 heterocycles. The average molecular weight is 928 g/mol. The van der Waals surface area contributed by atoms with Crippen LogP contribution in [0, 0.1) is 0 Å². The molecule has 0 aliphatic carbocycles. The SMILES string of the molecule is c1ccc(-n2c3ccccc3c3cc(-c4nc(-c5ccc6ccc(-n7c8ccccc8c8cc9c(-n%10c%11ccccc%11c%11c%12ccccc%12ccc%11%10)cccc9cc87)cc6c5)nc5ccccc45)ccc32)cc1. The smallest absolute Gasteiger partial charge is 0.160 e. The van der Waals surface area contributed by atoms with Gasteiger partial charge < -0.3 is 13.7 Å². The summed E-state index contributed by atoms with van der Waals surface area (Å²) in [4.78, 5) is 10.7. The van der Waals surface area contributed by atoms with Crippen LogP contribution in [-0.2, 0) is 0 Å². The molecule has 16 aromatic rings. The monoisotopic (exact) mass is 927 g/mol. The molecule has 16 rings (SSSR count). The van der Waals surface area contributed by atoms with Crippen molar-refractivity contribution < 1.29 is 0 Å². The molecule has 0 atom stereocenters. The number of aromatic nitrogens is 5. The summed E-state index contributed by atoms with van der Waals surface area (Å²) in [5, 5.41) is 15.6. The van der Waals surface area contributed by atoms with Gasteiger partial charge in [-0.1, -0.05) is 158 Å². The van der Waals surface area contributed by atoms with Crippen molar-refractivity contribution in [2.45, 2.75) is 0 Å². The summed E-state index contributed by atoms with van der Waals surface area (Å²) in [6.07, 6.45) is 0. The minimum absolute atomic E-state index is 0.698. The van der Waals surface area contributed by atoms with Gasteiger partial charge in [0.2, 0.25) is 0 Å². The van der Waals surface area contributed by atoms with E-state index in [1.807, 2.05) is 0 Å². The van der Waals surface area contributed by atoms with Crippen LogP contribution in [0.2, 0.25) is 0 Å². The van der Waals surface area contributed by atoms with E-state index in [4.69, 9.17) is 9.97 Å². The Morgan fingerprint density at radius 3 is 1.68 bits per heavy atom. The third-order valence-electron chi connectivity index (χ3n) is 15.4. The first-order valence-electron chi connectivity index (χ1n) is 25.0. The summed E-state index contributed by atoms with van der Waals surface area (Å²) < 4.78 is 7.26. The van der Waals surface area contributed by atoms with Crippen molar-refractivity contribution in [3.63, 3.8) is 0 Å². The first-order chi connectivity index (χ1) is 36.2.